The molecule has 0 spiro atoms. The third kappa shape index (κ3) is 2.97. The maximum atomic E-state index is 12.1. The molecular weight excluding hydrogens is 258 g/mol. The first kappa shape index (κ1) is 13.7. The van der Waals surface area contributed by atoms with Crippen LogP contribution in [-0.4, -0.2) is 17.0 Å². The molecule has 6 heteroatoms. The number of hydrogen-bond donors (Lipinski definition) is 3. The Balaban J connectivity index is 2.13. The molecule has 0 fully saturated rings. The lowest BCUT2D eigenvalue weighted by Crippen LogP contribution is -2.26. The van der Waals surface area contributed by atoms with Gasteiger partial charge in [-0.2, -0.15) is 0 Å². The number of nitrogens with one attached hydrogen (secondary N) is 1. The van der Waals surface area contributed by atoms with Crippen LogP contribution in [0.15, 0.2) is 52.2 Å². The number of nitrogens with two attached hydrogens (primary N) is 1. The fourth-order valence-corrected chi connectivity index (χ4v) is 1.77. The van der Waals surface area contributed by atoms with Crippen molar-refractivity contribution < 1.29 is 14.4 Å². The number of hydrogen-bond acceptors (Lipinski definition) is 4. The Labute approximate surface area is 115 Å². The van der Waals surface area contributed by atoms with Crippen LogP contribution >= 0.6 is 0 Å². The average molecular weight is 273 g/mol. The van der Waals surface area contributed by atoms with Crippen LogP contribution in [0.3, 0.4) is 0 Å². The van der Waals surface area contributed by atoms with Crippen LogP contribution in [0.4, 0.5) is 0 Å². The largest absolute Gasteiger partial charge is 0.467 e. The van der Waals surface area contributed by atoms with E-state index in [0.717, 1.165) is 0 Å². The number of oxime groups is 1. The Hall–Kier alpha value is -2.76. The van der Waals surface area contributed by atoms with Gasteiger partial charge in [-0.25, -0.2) is 0 Å². The van der Waals surface area contributed by atoms with Gasteiger partial charge in [-0.3, -0.25) is 4.79 Å². The predicted molar refractivity (Wildman–Crippen MR) is 73.5 cm³/mol. The highest BCUT2D eigenvalue weighted by Gasteiger charge is 2.14. The van der Waals surface area contributed by atoms with Crippen molar-refractivity contribution in [3.63, 3.8) is 0 Å². The third-order valence-corrected chi connectivity index (χ3v) is 2.85. The van der Waals surface area contributed by atoms with Gasteiger partial charge >= 0.3 is 0 Å². The van der Waals surface area contributed by atoms with E-state index in [1.807, 2.05) is 6.92 Å². The minimum atomic E-state index is -0.263. The molecule has 2 aromatic rings. The summed E-state index contributed by atoms with van der Waals surface area (Å²) in [5.74, 6) is 0.367. The van der Waals surface area contributed by atoms with Gasteiger partial charge < -0.3 is 20.7 Å². The molecule has 1 aromatic heterocycles. The van der Waals surface area contributed by atoms with E-state index >= 15 is 0 Å². The molecule has 0 aliphatic heterocycles. The van der Waals surface area contributed by atoms with Crippen molar-refractivity contribution in [2.45, 2.75) is 13.0 Å². The maximum Gasteiger partial charge on any atom is 0.251 e. The minimum absolute atomic E-state index is 0.0428. The summed E-state index contributed by atoms with van der Waals surface area (Å²) in [6.45, 7) is 1.82. The van der Waals surface area contributed by atoms with Crippen LogP contribution in [0.5, 0.6) is 0 Å². The van der Waals surface area contributed by atoms with Gasteiger partial charge in [-0.05, 0) is 31.2 Å². The number of amidine groups is 1. The van der Waals surface area contributed by atoms with E-state index in [-0.39, 0.29) is 17.8 Å². The summed E-state index contributed by atoms with van der Waals surface area (Å²) in [6, 6.07) is 9.83. The predicted octanol–water partition coefficient (Wildman–Crippen LogP) is 1.87. The van der Waals surface area contributed by atoms with Crippen molar-refractivity contribution in [2.24, 2.45) is 10.9 Å². The van der Waals surface area contributed by atoms with Crippen LogP contribution in [0.2, 0.25) is 0 Å². The van der Waals surface area contributed by atoms with Crippen LogP contribution < -0.4 is 11.1 Å². The highest BCUT2D eigenvalue weighted by Crippen LogP contribution is 2.13. The smallest absolute Gasteiger partial charge is 0.251 e. The van der Waals surface area contributed by atoms with E-state index in [1.165, 1.54) is 0 Å². The molecule has 1 atom stereocenters. The van der Waals surface area contributed by atoms with E-state index < -0.39 is 0 Å². The molecule has 104 valence electrons. The lowest BCUT2D eigenvalue weighted by atomic mass is 10.1. The van der Waals surface area contributed by atoms with Crippen molar-refractivity contribution in [1.82, 2.24) is 5.32 Å². The Kier molecular flexibility index (Phi) is 4.05. The van der Waals surface area contributed by atoms with E-state index in [0.29, 0.717) is 16.9 Å². The number of carbonyl (C=O) groups excluding carboxylic acids is 1. The van der Waals surface area contributed by atoms with Crippen molar-refractivity contribution in [1.29, 1.82) is 0 Å². The molecule has 1 aromatic carbocycles. The fraction of sp³-hybridized carbons (Fsp3) is 0.143. The summed E-state index contributed by atoms with van der Waals surface area (Å²) in [5, 5.41) is 14.4. The van der Waals surface area contributed by atoms with Gasteiger partial charge in [0.1, 0.15) is 5.76 Å². The van der Waals surface area contributed by atoms with Gasteiger partial charge in [-0.15, -0.1) is 0 Å². The van der Waals surface area contributed by atoms with E-state index in [9.17, 15) is 4.79 Å². The van der Waals surface area contributed by atoms with Gasteiger partial charge in [0.2, 0.25) is 0 Å². The normalized spacial score (nSPS) is 12.9. The lowest BCUT2D eigenvalue weighted by molar-refractivity contribution is 0.0935. The molecule has 1 heterocycles. The molecule has 0 saturated carbocycles. The monoisotopic (exact) mass is 273 g/mol. The lowest BCUT2D eigenvalue weighted by Gasteiger charge is -2.11. The van der Waals surface area contributed by atoms with Gasteiger partial charge in [0.15, 0.2) is 5.84 Å². The maximum absolute atomic E-state index is 12.1. The Bertz CT molecular complexity index is 620. The zero-order valence-corrected chi connectivity index (χ0v) is 10.9. The SMILES string of the molecule is CC(NC(=O)c1cccc(/C(N)=N/O)c1)c1ccco1. The molecule has 0 radical (unpaired) electrons. The molecular formula is C14H15N3O3. The molecule has 1 amide bonds. The first-order valence-corrected chi connectivity index (χ1v) is 6.04. The van der Waals surface area contributed by atoms with Crippen molar-refractivity contribution in [3.05, 3.63) is 59.5 Å². The third-order valence-electron chi connectivity index (χ3n) is 2.85. The summed E-state index contributed by atoms with van der Waals surface area (Å²) in [7, 11) is 0. The summed E-state index contributed by atoms with van der Waals surface area (Å²) in [4.78, 5) is 12.1. The number of benzene rings is 1. The van der Waals surface area contributed by atoms with Gasteiger partial charge in [0.25, 0.3) is 5.91 Å². The second kappa shape index (κ2) is 5.92. The van der Waals surface area contributed by atoms with Gasteiger partial charge in [-0.1, -0.05) is 17.3 Å². The van der Waals surface area contributed by atoms with E-state index in [2.05, 4.69) is 10.5 Å². The van der Waals surface area contributed by atoms with Gasteiger partial charge in [0.05, 0.1) is 12.3 Å². The van der Waals surface area contributed by atoms with Crippen LogP contribution in [-0.2, 0) is 0 Å². The zero-order chi connectivity index (χ0) is 14.5. The Morgan fingerprint density at radius 1 is 1.35 bits per heavy atom. The molecule has 2 rings (SSSR count). The number of rotatable bonds is 4. The molecule has 6 nitrogen and oxygen atoms in total. The average Bonchev–Trinajstić information content (AvgIpc) is 3.00. The Morgan fingerprint density at radius 2 is 2.10 bits per heavy atom. The van der Waals surface area contributed by atoms with Crippen LogP contribution in [0.25, 0.3) is 0 Å². The molecule has 0 bridgehead atoms. The summed E-state index contributed by atoms with van der Waals surface area (Å²) >= 11 is 0. The first-order valence-electron chi connectivity index (χ1n) is 6.04. The van der Waals surface area contributed by atoms with Gasteiger partial charge in [0, 0.05) is 11.1 Å². The molecule has 0 aliphatic carbocycles. The standard InChI is InChI=1S/C14H15N3O3/c1-9(12-6-3-7-20-12)16-14(18)11-5-2-4-10(8-11)13(15)17-19/h2-9,19H,1H3,(H2,15,17)(H,16,18). The van der Waals surface area contributed by atoms with Crippen LogP contribution in [0.1, 0.15) is 34.6 Å². The van der Waals surface area contributed by atoms with E-state index in [1.54, 1.807) is 42.7 Å². The number of carbonyl (C=O) groups is 1. The van der Waals surface area contributed by atoms with Crippen molar-refractivity contribution in [3.8, 4) is 0 Å². The summed E-state index contributed by atoms with van der Waals surface area (Å²) in [5.41, 5.74) is 6.40. The van der Waals surface area contributed by atoms with E-state index in [4.69, 9.17) is 15.4 Å². The minimum Gasteiger partial charge on any atom is -0.467 e. The number of furan rings is 1. The number of nitrogens with zero attached hydrogens (tertiary/aromatic N) is 1. The highest BCUT2D eigenvalue weighted by atomic mass is 16.4. The Morgan fingerprint density at radius 3 is 2.75 bits per heavy atom. The first-order chi connectivity index (χ1) is 9.61. The molecule has 0 saturated heterocycles. The van der Waals surface area contributed by atoms with Crippen LogP contribution in [0, 0.1) is 0 Å². The second-order valence-electron chi connectivity index (χ2n) is 4.28. The molecule has 1 unspecified atom stereocenters. The summed E-state index contributed by atoms with van der Waals surface area (Å²) < 4.78 is 5.22. The highest BCUT2D eigenvalue weighted by molar-refractivity contribution is 6.01. The van der Waals surface area contributed by atoms with Crippen molar-refractivity contribution in [2.75, 3.05) is 0 Å². The molecule has 0 aliphatic rings. The quantitative estimate of drug-likeness (QED) is 0.342. The van der Waals surface area contributed by atoms with Crippen molar-refractivity contribution >= 4 is 11.7 Å². The topological polar surface area (TPSA) is 101 Å². The molecule has 20 heavy (non-hydrogen) atoms. The second-order valence-corrected chi connectivity index (χ2v) is 4.28. The summed E-state index contributed by atoms with van der Waals surface area (Å²) in [6.07, 6.45) is 1.55. The zero-order valence-electron chi connectivity index (χ0n) is 10.9. The fourth-order valence-electron chi connectivity index (χ4n) is 1.77. The molecule has 4 N–H and O–H groups in total. The number of amides is 1.